The molecule has 0 unspecified atom stereocenters. The van der Waals surface area contributed by atoms with Gasteiger partial charge in [0, 0.05) is 0 Å². The number of hydrogen-bond acceptors (Lipinski definition) is 0. The Hall–Kier alpha value is -4.68. The topological polar surface area (TPSA) is 0 Å². The Morgan fingerprint density at radius 3 is 1.35 bits per heavy atom. The van der Waals surface area contributed by atoms with E-state index in [-0.39, 0.29) is 0 Å². The molecule has 40 heavy (non-hydrogen) atoms. The monoisotopic (exact) mass is 504 g/mol. The molecule has 0 saturated carbocycles. The second-order valence-electron chi connectivity index (χ2n) is 12.4. The van der Waals surface area contributed by atoms with Crippen LogP contribution in [0.15, 0.2) is 97.1 Å². The first kappa shape index (κ1) is 20.3. The van der Waals surface area contributed by atoms with E-state index in [1.54, 1.807) is 44.5 Å². The molecule has 184 valence electrons. The number of rotatable bonds is 2. The van der Waals surface area contributed by atoms with Crippen molar-refractivity contribution in [1.82, 2.24) is 0 Å². The van der Waals surface area contributed by atoms with Gasteiger partial charge in [-0.05, 0) is 149 Å². The van der Waals surface area contributed by atoms with Crippen molar-refractivity contribution in [2.24, 2.45) is 0 Å². The van der Waals surface area contributed by atoms with E-state index in [0.717, 1.165) is 25.7 Å². The Labute approximate surface area is 233 Å². The van der Waals surface area contributed by atoms with Crippen molar-refractivity contribution in [1.29, 1.82) is 0 Å². The van der Waals surface area contributed by atoms with E-state index in [9.17, 15) is 0 Å². The van der Waals surface area contributed by atoms with Crippen molar-refractivity contribution in [3.63, 3.8) is 0 Å². The van der Waals surface area contributed by atoms with Crippen LogP contribution in [0.2, 0.25) is 0 Å². The van der Waals surface area contributed by atoms with Gasteiger partial charge in [-0.2, -0.15) is 0 Å². The van der Waals surface area contributed by atoms with Crippen LogP contribution in [0.1, 0.15) is 44.5 Å². The third-order valence-electron chi connectivity index (χ3n) is 10.4. The lowest BCUT2D eigenvalue weighted by atomic mass is 9.80. The van der Waals surface area contributed by atoms with Crippen molar-refractivity contribution >= 4 is 0 Å². The Balaban J connectivity index is 1.28. The molecule has 0 radical (unpaired) electrons. The summed E-state index contributed by atoms with van der Waals surface area (Å²) in [5.41, 5.74) is 29.9. The first-order chi connectivity index (χ1) is 19.8. The van der Waals surface area contributed by atoms with Gasteiger partial charge in [0.1, 0.15) is 0 Å². The van der Waals surface area contributed by atoms with Crippen LogP contribution < -0.4 is 0 Å². The summed E-state index contributed by atoms with van der Waals surface area (Å²) in [4.78, 5) is 0. The van der Waals surface area contributed by atoms with Crippen LogP contribution in [0.25, 0.3) is 66.8 Å². The fourth-order valence-corrected chi connectivity index (χ4v) is 8.89. The molecule has 0 bridgehead atoms. The van der Waals surface area contributed by atoms with Crippen LogP contribution in [-0.2, 0) is 25.7 Å². The zero-order valence-electron chi connectivity index (χ0n) is 22.1. The van der Waals surface area contributed by atoms with Crippen molar-refractivity contribution in [3.8, 4) is 66.8 Å². The molecular weight excluding hydrogens is 480 g/mol. The fourth-order valence-electron chi connectivity index (χ4n) is 8.89. The Morgan fingerprint density at radius 2 is 0.750 bits per heavy atom. The minimum Gasteiger partial charge on any atom is -0.0622 e. The second kappa shape index (κ2) is 6.72. The predicted molar refractivity (Wildman–Crippen MR) is 164 cm³/mol. The Kier molecular flexibility index (Phi) is 3.40. The molecule has 0 N–H and O–H groups in total. The fraction of sp³-hybridized carbons (Fsp3) is 0.100. The molecule has 5 aliphatic rings. The van der Waals surface area contributed by atoms with Gasteiger partial charge in [0.05, 0.1) is 0 Å². The van der Waals surface area contributed by atoms with Crippen LogP contribution in [-0.4, -0.2) is 0 Å². The highest BCUT2D eigenvalue weighted by atomic mass is 14.4. The molecule has 0 spiro atoms. The maximum atomic E-state index is 2.56. The van der Waals surface area contributed by atoms with Crippen LogP contribution in [0.5, 0.6) is 0 Å². The molecule has 0 saturated heterocycles. The molecule has 0 nitrogen and oxygen atoms in total. The SMILES string of the molecule is c1ccc(-c2cccc(-c3cc4c5c6c3Cc3ccc7c(c3-6)-c3c(ccc6c3-c3c(ccc(c3-5)C4)C6)C7)c2)cc1. The molecule has 0 aliphatic heterocycles. The van der Waals surface area contributed by atoms with E-state index in [2.05, 4.69) is 97.1 Å². The van der Waals surface area contributed by atoms with E-state index in [4.69, 9.17) is 0 Å². The second-order valence-corrected chi connectivity index (χ2v) is 12.4. The van der Waals surface area contributed by atoms with Crippen LogP contribution in [0.4, 0.5) is 0 Å². The Bertz CT molecular complexity index is 2190. The molecule has 0 heteroatoms. The lowest BCUT2D eigenvalue weighted by Crippen LogP contribution is -1.98. The Morgan fingerprint density at radius 1 is 0.300 bits per heavy atom. The quantitative estimate of drug-likeness (QED) is 0.220. The molecule has 6 aromatic rings. The minimum atomic E-state index is 1.02. The van der Waals surface area contributed by atoms with Gasteiger partial charge >= 0.3 is 0 Å². The van der Waals surface area contributed by atoms with E-state index >= 15 is 0 Å². The molecule has 0 fully saturated rings. The van der Waals surface area contributed by atoms with Crippen molar-refractivity contribution in [2.45, 2.75) is 25.7 Å². The van der Waals surface area contributed by atoms with Gasteiger partial charge in [0.15, 0.2) is 0 Å². The van der Waals surface area contributed by atoms with Gasteiger partial charge in [-0.1, -0.05) is 84.9 Å². The molecule has 0 aromatic heterocycles. The zero-order valence-corrected chi connectivity index (χ0v) is 22.1. The van der Waals surface area contributed by atoms with Crippen molar-refractivity contribution < 1.29 is 0 Å². The third-order valence-corrected chi connectivity index (χ3v) is 10.4. The molecular formula is C40H24. The predicted octanol–water partition coefficient (Wildman–Crippen LogP) is 9.62. The van der Waals surface area contributed by atoms with Gasteiger partial charge in [0.2, 0.25) is 0 Å². The van der Waals surface area contributed by atoms with Crippen LogP contribution in [0, 0.1) is 0 Å². The summed E-state index contributed by atoms with van der Waals surface area (Å²) in [7, 11) is 0. The van der Waals surface area contributed by atoms with Crippen molar-refractivity contribution in [3.05, 3.63) is 142 Å². The lowest BCUT2D eigenvalue weighted by Gasteiger charge is -2.23. The molecule has 0 atom stereocenters. The smallest absolute Gasteiger partial charge is 0.000682 e. The summed E-state index contributed by atoms with van der Waals surface area (Å²) in [5.74, 6) is 0. The highest BCUT2D eigenvalue weighted by Gasteiger charge is 2.41. The minimum absolute atomic E-state index is 1.02. The van der Waals surface area contributed by atoms with E-state index < -0.39 is 0 Å². The van der Waals surface area contributed by atoms with Crippen LogP contribution in [0.3, 0.4) is 0 Å². The summed E-state index contributed by atoms with van der Waals surface area (Å²) in [6.45, 7) is 0. The van der Waals surface area contributed by atoms with Gasteiger partial charge in [-0.15, -0.1) is 0 Å². The van der Waals surface area contributed by atoms with E-state index in [0.29, 0.717) is 0 Å². The summed E-state index contributed by atoms with van der Waals surface area (Å²) in [6.07, 6.45) is 4.18. The van der Waals surface area contributed by atoms with Gasteiger partial charge in [-0.25, -0.2) is 0 Å². The standard InChI is InChI=1S/C40H24/c1-2-5-21(6-3-1)22-7-4-8-23(15-22)31-20-30-18-28-12-11-26-16-24-9-10-25-17-27-13-14-29-19-32(31)40-38(29)36(27)34(25)33(24)35(26)37(28)39(30)40/h1-15,20H,16-19H2. The van der Waals surface area contributed by atoms with Crippen molar-refractivity contribution in [2.75, 3.05) is 0 Å². The van der Waals surface area contributed by atoms with E-state index in [1.807, 2.05) is 0 Å². The molecule has 5 aliphatic carbocycles. The normalized spacial score (nSPS) is 14.6. The lowest BCUT2D eigenvalue weighted by molar-refractivity contribution is 1.21. The zero-order chi connectivity index (χ0) is 25.7. The van der Waals surface area contributed by atoms with Crippen LogP contribution >= 0.6 is 0 Å². The van der Waals surface area contributed by atoms with E-state index in [1.165, 1.54) is 66.8 Å². The maximum absolute atomic E-state index is 2.56. The summed E-state index contributed by atoms with van der Waals surface area (Å²) >= 11 is 0. The summed E-state index contributed by atoms with van der Waals surface area (Å²) < 4.78 is 0. The highest BCUT2D eigenvalue weighted by Crippen LogP contribution is 2.63. The summed E-state index contributed by atoms with van der Waals surface area (Å²) in [6, 6.07) is 37.2. The average Bonchev–Trinajstić information content (AvgIpc) is 3.74. The molecule has 0 amide bonds. The van der Waals surface area contributed by atoms with Gasteiger partial charge < -0.3 is 0 Å². The highest BCUT2D eigenvalue weighted by molar-refractivity contribution is 6.14. The number of hydrogen-bond donors (Lipinski definition) is 0. The summed E-state index contributed by atoms with van der Waals surface area (Å²) in [5, 5.41) is 0. The molecule has 11 rings (SSSR count). The third kappa shape index (κ3) is 2.25. The largest absolute Gasteiger partial charge is 0.0622 e. The average molecular weight is 505 g/mol. The first-order valence-corrected chi connectivity index (χ1v) is 14.6. The molecule has 0 heterocycles. The first-order valence-electron chi connectivity index (χ1n) is 14.6. The van der Waals surface area contributed by atoms with Gasteiger partial charge in [0.25, 0.3) is 0 Å². The maximum Gasteiger partial charge on any atom is -0.000682 e. The molecule has 6 aromatic carbocycles. The van der Waals surface area contributed by atoms with Gasteiger partial charge in [-0.3, -0.25) is 0 Å². The number of benzene rings is 6.